The topological polar surface area (TPSA) is 97.1 Å². The summed E-state index contributed by atoms with van der Waals surface area (Å²) in [6.07, 6.45) is 2.11. The molecule has 1 aliphatic rings. The number of amides is 2. The molecule has 0 bridgehead atoms. The highest BCUT2D eigenvalue weighted by molar-refractivity contribution is 6.07. The normalized spacial score (nSPS) is 14.7. The lowest BCUT2D eigenvalue weighted by Gasteiger charge is -2.18. The molecule has 0 aliphatic heterocycles. The van der Waals surface area contributed by atoms with Gasteiger partial charge in [0, 0.05) is 18.7 Å². The smallest absolute Gasteiger partial charge is 0.259 e. The Bertz CT molecular complexity index is 1010. The number of fused-ring (bicyclic) bond motifs is 1. The van der Waals surface area contributed by atoms with Crippen molar-refractivity contribution < 1.29 is 14.1 Å². The molecule has 4 rings (SSSR count). The van der Waals surface area contributed by atoms with Crippen molar-refractivity contribution in [2.45, 2.75) is 31.7 Å². The van der Waals surface area contributed by atoms with Gasteiger partial charge in [0.15, 0.2) is 0 Å². The van der Waals surface area contributed by atoms with Gasteiger partial charge in [-0.15, -0.1) is 0 Å². The van der Waals surface area contributed by atoms with Crippen LogP contribution < -0.4 is 10.6 Å². The summed E-state index contributed by atoms with van der Waals surface area (Å²) >= 11 is 0. The Kier molecular flexibility index (Phi) is 4.35. The van der Waals surface area contributed by atoms with E-state index < -0.39 is 6.04 Å². The lowest BCUT2D eigenvalue weighted by atomic mass is 10.0. The minimum atomic E-state index is -0.795. The van der Waals surface area contributed by atoms with E-state index in [4.69, 9.17) is 4.52 Å². The summed E-state index contributed by atoms with van der Waals surface area (Å²) in [6, 6.07) is 10.1. The highest BCUT2D eigenvalue weighted by atomic mass is 16.5. The molecule has 0 saturated heterocycles. The van der Waals surface area contributed by atoms with E-state index in [-0.39, 0.29) is 11.8 Å². The molecule has 1 atom stereocenters. The molecule has 7 nitrogen and oxygen atoms in total. The van der Waals surface area contributed by atoms with Gasteiger partial charge in [-0.2, -0.15) is 0 Å². The van der Waals surface area contributed by atoms with Crippen molar-refractivity contribution >= 4 is 22.9 Å². The maximum absolute atomic E-state index is 13.1. The van der Waals surface area contributed by atoms with Gasteiger partial charge in [-0.05, 0) is 31.4 Å². The molecule has 0 radical (unpaired) electrons. The first kappa shape index (κ1) is 17.2. The van der Waals surface area contributed by atoms with Crippen molar-refractivity contribution in [3.8, 4) is 0 Å². The van der Waals surface area contributed by atoms with Crippen LogP contribution in [0, 0.1) is 6.92 Å². The van der Waals surface area contributed by atoms with E-state index in [1.807, 2.05) is 30.3 Å². The van der Waals surface area contributed by atoms with Gasteiger partial charge < -0.3 is 15.2 Å². The fourth-order valence-corrected chi connectivity index (χ4v) is 3.18. The van der Waals surface area contributed by atoms with Gasteiger partial charge in [-0.3, -0.25) is 9.59 Å². The highest BCUT2D eigenvalue weighted by Crippen LogP contribution is 2.40. The van der Waals surface area contributed by atoms with Crippen LogP contribution in [-0.4, -0.2) is 29.0 Å². The molecule has 1 aromatic carbocycles. The maximum atomic E-state index is 13.1. The number of pyridine rings is 1. The second-order valence-corrected chi connectivity index (χ2v) is 6.75. The molecule has 2 aromatic heterocycles. The molecular formula is C20H20N4O3. The standard InChI is InChI=1S/C20H20N4O3/c1-11-16-14(10-15(12-8-9-12)22-20(16)27-24-11)18(25)23-17(19(26)21-2)13-6-4-3-5-7-13/h3-7,10,12,17H,8-9H2,1-2H3,(H,21,26)(H,23,25)/t17-/m1/s1. The summed E-state index contributed by atoms with van der Waals surface area (Å²) < 4.78 is 5.30. The van der Waals surface area contributed by atoms with Gasteiger partial charge in [0.25, 0.3) is 11.6 Å². The monoisotopic (exact) mass is 364 g/mol. The third-order valence-electron chi connectivity index (χ3n) is 4.79. The van der Waals surface area contributed by atoms with Gasteiger partial charge in [-0.1, -0.05) is 35.5 Å². The summed E-state index contributed by atoms with van der Waals surface area (Å²) in [5.74, 6) is -0.285. The van der Waals surface area contributed by atoms with Crippen molar-refractivity contribution in [3.63, 3.8) is 0 Å². The summed E-state index contributed by atoms with van der Waals surface area (Å²) in [5, 5.41) is 9.99. The maximum Gasteiger partial charge on any atom is 0.259 e. The van der Waals surface area contributed by atoms with E-state index in [0.29, 0.717) is 33.8 Å². The van der Waals surface area contributed by atoms with Gasteiger partial charge in [0.1, 0.15) is 6.04 Å². The number of aromatic nitrogens is 2. The SMILES string of the molecule is CNC(=O)[C@H](NC(=O)c1cc(C2CC2)nc2onc(C)c12)c1ccccc1. The van der Waals surface area contributed by atoms with Gasteiger partial charge >= 0.3 is 0 Å². The number of carbonyl (C=O) groups is 2. The van der Waals surface area contributed by atoms with E-state index in [1.54, 1.807) is 20.0 Å². The number of likely N-dealkylation sites (N-methyl/N-ethyl adjacent to an activating group) is 1. The molecule has 27 heavy (non-hydrogen) atoms. The van der Waals surface area contributed by atoms with Crippen molar-refractivity contribution in [2.24, 2.45) is 0 Å². The van der Waals surface area contributed by atoms with Crippen LogP contribution in [0.15, 0.2) is 40.9 Å². The Morgan fingerprint density at radius 3 is 2.63 bits per heavy atom. The predicted molar refractivity (Wildman–Crippen MR) is 99.2 cm³/mol. The number of aryl methyl sites for hydroxylation is 1. The van der Waals surface area contributed by atoms with Crippen LogP contribution in [0.1, 0.15) is 52.1 Å². The zero-order valence-electron chi connectivity index (χ0n) is 15.2. The molecule has 138 valence electrons. The number of nitrogens with zero attached hydrogens (tertiary/aromatic N) is 2. The second kappa shape index (κ2) is 6.83. The van der Waals surface area contributed by atoms with Crippen LogP contribution in [0.4, 0.5) is 0 Å². The number of hydrogen-bond donors (Lipinski definition) is 2. The minimum absolute atomic E-state index is 0.288. The minimum Gasteiger partial charge on any atom is -0.357 e. The van der Waals surface area contributed by atoms with Crippen LogP contribution >= 0.6 is 0 Å². The molecule has 1 saturated carbocycles. The van der Waals surface area contributed by atoms with Crippen molar-refractivity contribution in [1.82, 2.24) is 20.8 Å². The van der Waals surface area contributed by atoms with E-state index in [1.165, 1.54) is 0 Å². The number of rotatable bonds is 5. The molecule has 2 amide bonds. The molecule has 1 fully saturated rings. The number of benzene rings is 1. The second-order valence-electron chi connectivity index (χ2n) is 6.75. The van der Waals surface area contributed by atoms with Crippen LogP contribution in [0.25, 0.3) is 11.1 Å². The third kappa shape index (κ3) is 3.28. The Morgan fingerprint density at radius 2 is 1.96 bits per heavy atom. The van der Waals surface area contributed by atoms with Crippen LogP contribution in [-0.2, 0) is 4.79 Å². The quantitative estimate of drug-likeness (QED) is 0.725. The predicted octanol–water partition coefficient (Wildman–Crippen LogP) is 2.63. The molecule has 0 unspecified atom stereocenters. The molecule has 0 spiro atoms. The number of carbonyl (C=O) groups excluding carboxylic acids is 2. The molecule has 3 aromatic rings. The Labute approximate surface area is 156 Å². The Hall–Kier alpha value is -3.22. The first-order chi connectivity index (χ1) is 13.1. The van der Waals surface area contributed by atoms with Crippen molar-refractivity contribution in [2.75, 3.05) is 7.05 Å². The van der Waals surface area contributed by atoms with Gasteiger partial charge in [0.2, 0.25) is 5.91 Å². The zero-order chi connectivity index (χ0) is 19.0. The molecular weight excluding hydrogens is 344 g/mol. The van der Waals surface area contributed by atoms with Crippen molar-refractivity contribution in [3.05, 3.63) is 58.9 Å². The van der Waals surface area contributed by atoms with E-state index >= 15 is 0 Å². The highest BCUT2D eigenvalue weighted by Gasteiger charge is 2.30. The average Bonchev–Trinajstić information content (AvgIpc) is 3.49. The third-order valence-corrected chi connectivity index (χ3v) is 4.79. The number of nitrogens with one attached hydrogen (secondary N) is 2. The molecule has 2 N–H and O–H groups in total. The fraction of sp³-hybridized carbons (Fsp3) is 0.300. The summed E-state index contributed by atoms with van der Waals surface area (Å²) in [4.78, 5) is 30.0. The van der Waals surface area contributed by atoms with E-state index in [0.717, 1.165) is 18.5 Å². The largest absolute Gasteiger partial charge is 0.357 e. The lowest BCUT2D eigenvalue weighted by molar-refractivity contribution is -0.122. The van der Waals surface area contributed by atoms with Gasteiger partial charge in [-0.25, -0.2) is 4.98 Å². The van der Waals surface area contributed by atoms with Gasteiger partial charge in [0.05, 0.1) is 16.6 Å². The fourth-order valence-electron chi connectivity index (χ4n) is 3.18. The van der Waals surface area contributed by atoms with Crippen LogP contribution in [0.3, 0.4) is 0 Å². The van der Waals surface area contributed by atoms with Crippen LogP contribution in [0.2, 0.25) is 0 Å². The summed E-state index contributed by atoms with van der Waals surface area (Å²) in [6.45, 7) is 1.77. The number of hydrogen-bond acceptors (Lipinski definition) is 5. The summed E-state index contributed by atoms with van der Waals surface area (Å²) in [7, 11) is 1.55. The zero-order valence-corrected chi connectivity index (χ0v) is 15.2. The van der Waals surface area contributed by atoms with E-state index in [2.05, 4.69) is 20.8 Å². The first-order valence-corrected chi connectivity index (χ1v) is 8.92. The Balaban J connectivity index is 1.73. The van der Waals surface area contributed by atoms with Crippen molar-refractivity contribution in [1.29, 1.82) is 0 Å². The molecule has 2 heterocycles. The van der Waals surface area contributed by atoms with E-state index in [9.17, 15) is 9.59 Å². The molecule has 7 heteroatoms. The molecule has 1 aliphatic carbocycles. The Morgan fingerprint density at radius 1 is 1.22 bits per heavy atom. The average molecular weight is 364 g/mol. The van der Waals surface area contributed by atoms with Crippen LogP contribution in [0.5, 0.6) is 0 Å². The first-order valence-electron chi connectivity index (χ1n) is 8.92. The lowest BCUT2D eigenvalue weighted by Crippen LogP contribution is -2.39. The summed E-state index contributed by atoms with van der Waals surface area (Å²) in [5.41, 5.74) is 2.94.